The lowest BCUT2D eigenvalue weighted by Crippen LogP contribution is -1.95. The Morgan fingerprint density at radius 3 is 2.62 bits per heavy atom. The van der Waals surface area contributed by atoms with Gasteiger partial charge in [0.2, 0.25) is 0 Å². The highest BCUT2D eigenvalue weighted by atomic mass is 79.9. The van der Waals surface area contributed by atoms with Crippen molar-refractivity contribution in [2.45, 2.75) is 0 Å². The van der Waals surface area contributed by atoms with Crippen LogP contribution in [0.3, 0.4) is 0 Å². The molecule has 0 unspecified atom stereocenters. The normalized spacial score (nSPS) is 10.8. The van der Waals surface area contributed by atoms with E-state index in [9.17, 15) is 0 Å². The number of rotatable bonds is 2. The fourth-order valence-corrected chi connectivity index (χ4v) is 2.86. The van der Waals surface area contributed by atoms with Crippen LogP contribution in [0.2, 0.25) is 10.0 Å². The van der Waals surface area contributed by atoms with Gasteiger partial charge in [0.05, 0.1) is 21.2 Å². The van der Waals surface area contributed by atoms with Crippen LogP contribution in [0.4, 0.5) is 17.1 Å². The third-order valence-electron chi connectivity index (χ3n) is 3.07. The van der Waals surface area contributed by atoms with E-state index in [1.165, 1.54) is 0 Å². The summed E-state index contributed by atoms with van der Waals surface area (Å²) < 4.78 is 0.757. The van der Waals surface area contributed by atoms with Crippen molar-refractivity contribution in [2.75, 3.05) is 11.1 Å². The van der Waals surface area contributed by atoms with E-state index in [4.69, 9.17) is 28.9 Å². The van der Waals surface area contributed by atoms with Crippen molar-refractivity contribution < 1.29 is 0 Å². The first-order valence-electron chi connectivity index (χ1n) is 6.11. The average Bonchev–Trinajstić information content (AvgIpc) is 2.48. The zero-order chi connectivity index (χ0) is 15.0. The highest BCUT2D eigenvalue weighted by Crippen LogP contribution is 2.38. The molecule has 0 bridgehead atoms. The number of nitrogens with zero attached hydrogens (tertiary/aromatic N) is 1. The number of hydrogen-bond donors (Lipinski definition) is 2. The Morgan fingerprint density at radius 1 is 1.00 bits per heavy atom. The minimum Gasteiger partial charge on any atom is -0.399 e. The molecule has 0 saturated carbocycles. The van der Waals surface area contributed by atoms with Crippen LogP contribution in [0, 0.1) is 0 Å². The van der Waals surface area contributed by atoms with Gasteiger partial charge in [-0.15, -0.1) is 0 Å². The number of nitrogen functional groups attached to an aromatic ring is 1. The Hall–Kier alpha value is -1.49. The Morgan fingerprint density at radius 2 is 1.81 bits per heavy atom. The van der Waals surface area contributed by atoms with Gasteiger partial charge < -0.3 is 11.1 Å². The maximum absolute atomic E-state index is 6.26. The number of pyridine rings is 1. The molecular weight excluding hydrogens is 373 g/mol. The lowest BCUT2D eigenvalue weighted by atomic mass is 10.1. The van der Waals surface area contributed by atoms with Crippen LogP contribution in [0.1, 0.15) is 0 Å². The van der Waals surface area contributed by atoms with Gasteiger partial charge in [0.15, 0.2) is 0 Å². The molecule has 3 N–H and O–H groups in total. The Labute approximate surface area is 140 Å². The van der Waals surface area contributed by atoms with E-state index in [0.717, 1.165) is 26.8 Å². The molecule has 0 radical (unpaired) electrons. The van der Waals surface area contributed by atoms with Crippen LogP contribution in [-0.4, -0.2) is 4.98 Å². The summed E-state index contributed by atoms with van der Waals surface area (Å²) in [5.74, 6) is 0. The van der Waals surface area contributed by atoms with E-state index in [1.54, 1.807) is 6.20 Å². The summed E-state index contributed by atoms with van der Waals surface area (Å²) in [7, 11) is 0. The second-order valence-electron chi connectivity index (χ2n) is 4.48. The van der Waals surface area contributed by atoms with Crippen molar-refractivity contribution in [3.8, 4) is 0 Å². The first-order valence-corrected chi connectivity index (χ1v) is 7.66. The van der Waals surface area contributed by atoms with Crippen LogP contribution in [0.5, 0.6) is 0 Å². The van der Waals surface area contributed by atoms with Crippen LogP contribution in [-0.2, 0) is 0 Å². The fourth-order valence-electron chi connectivity index (χ4n) is 2.04. The van der Waals surface area contributed by atoms with E-state index < -0.39 is 0 Å². The van der Waals surface area contributed by atoms with Crippen molar-refractivity contribution >= 4 is 67.1 Å². The minimum atomic E-state index is 0.464. The van der Waals surface area contributed by atoms with Crippen molar-refractivity contribution in [2.24, 2.45) is 0 Å². The number of anilines is 3. The smallest absolute Gasteiger partial charge is 0.0838 e. The van der Waals surface area contributed by atoms with Crippen molar-refractivity contribution in [3.05, 3.63) is 57.1 Å². The average molecular weight is 383 g/mol. The number of halogens is 3. The molecule has 3 nitrogen and oxygen atoms in total. The van der Waals surface area contributed by atoms with E-state index in [2.05, 4.69) is 26.2 Å². The van der Waals surface area contributed by atoms with Gasteiger partial charge in [-0.1, -0.05) is 23.2 Å². The lowest BCUT2D eigenvalue weighted by molar-refractivity contribution is 1.40. The monoisotopic (exact) mass is 381 g/mol. The second-order valence-corrected chi connectivity index (χ2v) is 6.09. The summed E-state index contributed by atoms with van der Waals surface area (Å²) in [6.07, 6.45) is 1.72. The Balaban J connectivity index is 2.08. The van der Waals surface area contributed by atoms with Gasteiger partial charge in [0.1, 0.15) is 0 Å². The maximum Gasteiger partial charge on any atom is 0.0838 e. The Kier molecular flexibility index (Phi) is 3.93. The number of benzene rings is 2. The highest BCUT2D eigenvalue weighted by molar-refractivity contribution is 9.10. The summed E-state index contributed by atoms with van der Waals surface area (Å²) in [4.78, 5) is 4.31. The van der Waals surface area contributed by atoms with Gasteiger partial charge in [0.25, 0.3) is 0 Å². The van der Waals surface area contributed by atoms with Crippen LogP contribution in [0.15, 0.2) is 47.1 Å². The number of nitrogens with one attached hydrogen (secondary N) is 1. The third kappa shape index (κ3) is 2.79. The zero-order valence-electron chi connectivity index (χ0n) is 10.7. The van der Waals surface area contributed by atoms with E-state index in [-0.39, 0.29) is 0 Å². The third-order valence-corrected chi connectivity index (χ3v) is 4.84. The standard InChI is InChI=1S/C15H10BrCl2N3/c16-10-3-4-12(15(18)14(10)17)21-11-5-6-20-13-7-8(19)1-2-9(11)13/h1-7H,19H2,(H,20,21). The molecule has 0 aliphatic heterocycles. The predicted molar refractivity (Wildman–Crippen MR) is 93.6 cm³/mol. The predicted octanol–water partition coefficient (Wildman–Crippen LogP) is 5.63. The molecular formula is C15H10BrCl2N3. The van der Waals surface area contributed by atoms with Crippen LogP contribution < -0.4 is 11.1 Å². The molecule has 0 amide bonds. The summed E-state index contributed by atoms with van der Waals surface area (Å²) in [5, 5.41) is 5.19. The van der Waals surface area contributed by atoms with Gasteiger partial charge in [0, 0.05) is 27.4 Å². The van der Waals surface area contributed by atoms with Crippen LogP contribution >= 0.6 is 39.1 Å². The molecule has 3 rings (SSSR count). The zero-order valence-corrected chi connectivity index (χ0v) is 13.8. The first-order chi connectivity index (χ1) is 10.1. The summed E-state index contributed by atoms with van der Waals surface area (Å²) in [6, 6.07) is 11.2. The van der Waals surface area contributed by atoms with Gasteiger partial charge >= 0.3 is 0 Å². The molecule has 0 aliphatic carbocycles. The molecule has 3 aromatic rings. The minimum absolute atomic E-state index is 0.464. The maximum atomic E-state index is 6.26. The number of aromatic nitrogens is 1. The number of hydrogen-bond acceptors (Lipinski definition) is 3. The van der Waals surface area contributed by atoms with Crippen molar-refractivity contribution in [3.63, 3.8) is 0 Å². The summed E-state index contributed by atoms with van der Waals surface area (Å²) >= 11 is 15.8. The summed E-state index contributed by atoms with van der Waals surface area (Å²) in [6.45, 7) is 0. The molecule has 21 heavy (non-hydrogen) atoms. The fraction of sp³-hybridized carbons (Fsp3) is 0. The van der Waals surface area contributed by atoms with Gasteiger partial charge in [-0.05, 0) is 52.3 Å². The van der Waals surface area contributed by atoms with E-state index in [0.29, 0.717) is 15.7 Å². The lowest BCUT2D eigenvalue weighted by Gasteiger charge is -2.12. The molecule has 2 aromatic carbocycles. The molecule has 0 saturated heterocycles. The Bertz CT molecular complexity index is 837. The summed E-state index contributed by atoms with van der Waals surface area (Å²) in [5.41, 5.74) is 8.90. The largest absolute Gasteiger partial charge is 0.399 e. The first kappa shape index (κ1) is 14.4. The molecule has 1 heterocycles. The van der Waals surface area contributed by atoms with Crippen molar-refractivity contribution in [1.82, 2.24) is 4.98 Å². The molecule has 0 atom stereocenters. The molecule has 0 spiro atoms. The van der Waals surface area contributed by atoms with E-state index in [1.807, 2.05) is 36.4 Å². The van der Waals surface area contributed by atoms with Gasteiger partial charge in [-0.2, -0.15) is 0 Å². The topological polar surface area (TPSA) is 50.9 Å². The van der Waals surface area contributed by atoms with Crippen LogP contribution in [0.25, 0.3) is 10.9 Å². The molecule has 0 aliphatic rings. The molecule has 0 fully saturated rings. The quantitative estimate of drug-likeness (QED) is 0.446. The van der Waals surface area contributed by atoms with Gasteiger partial charge in [-0.25, -0.2) is 0 Å². The van der Waals surface area contributed by atoms with Gasteiger partial charge in [-0.3, -0.25) is 4.98 Å². The second kappa shape index (κ2) is 5.72. The highest BCUT2D eigenvalue weighted by Gasteiger charge is 2.10. The molecule has 1 aromatic heterocycles. The molecule has 106 valence electrons. The number of fused-ring (bicyclic) bond motifs is 1. The number of nitrogens with two attached hydrogens (primary N) is 1. The van der Waals surface area contributed by atoms with E-state index >= 15 is 0 Å². The SMILES string of the molecule is Nc1ccc2c(Nc3ccc(Br)c(Cl)c3Cl)ccnc2c1. The van der Waals surface area contributed by atoms with Crippen molar-refractivity contribution in [1.29, 1.82) is 0 Å². The molecule has 6 heteroatoms.